The maximum Gasteiger partial charge on any atom is 0.293 e. The molecule has 0 amide bonds. The standard InChI is InChI=1S/C13H17N3O3/c1-3-13(2,9-17)8-15-11-5-4-10(7-14)6-12(11)16(18)19/h4-6,15,17H,3,8-9H2,1-2H3. The molecule has 19 heavy (non-hydrogen) atoms. The van der Waals surface area contributed by atoms with Crippen LogP contribution in [0.1, 0.15) is 25.8 Å². The van der Waals surface area contributed by atoms with Gasteiger partial charge in [-0.25, -0.2) is 0 Å². The number of hydrogen-bond donors (Lipinski definition) is 2. The molecule has 6 heteroatoms. The summed E-state index contributed by atoms with van der Waals surface area (Å²) in [5.74, 6) is 0. The van der Waals surface area contributed by atoms with Gasteiger partial charge in [-0.15, -0.1) is 0 Å². The average molecular weight is 263 g/mol. The molecule has 1 aromatic rings. The summed E-state index contributed by atoms with van der Waals surface area (Å²) < 4.78 is 0. The van der Waals surface area contributed by atoms with Crippen molar-refractivity contribution in [3.8, 4) is 6.07 Å². The van der Waals surface area contributed by atoms with Crippen molar-refractivity contribution in [3.05, 3.63) is 33.9 Å². The van der Waals surface area contributed by atoms with Gasteiger partial charge in [-0.05, 0) is 18.6 Å². The van der Waals surface area contributed by atoms with Crippen LogP contribution >= 0.6 is 0 Å². The van der Waals surface area contributed by atoms with E-state index in [0.29, 0.717) is 12.2 Å². The number of nitro groups is 1. The normalized spacial score (nSPS) is 13.4. The topological polar surface area (TPSA) is 99.2 Å². The molecule has 0 saturated carbocycles. The van der Waals surface area contributed by atoms with Crippen molar-refractivity contribution in [3.63, 3.8) is 0 Å². The van der Waals surface area contributed by atoms with E-state index in [1.54, 1.807) is 0 Å². The molecule has 0 aliphatic carbocycles. The Bertz CT molecular complexity index is 504. The number of anilines is 1. The second-order valence-corrected chi connectivity index (χ2v) is 4.78. The zero-order valence-corrected chi connectivity index (χ0v) is 11.0. The Balaban J connectivity index is 2.96. The van der Waals surface area contributed by atoms with Crippen molar-refractivity contribution < 1.29 is 10.0 Å². The van der Waals surface area contributed by atoms with Crippen molar-refractivity contribution in [1.82, 2.24) is 0 Å². The smallest absolute Gasteiger partial charge is 0.293 e. The molecule has 1 aromatic carbocycles. The van der Waals surface area contributed by atoms with E-state index in [-0.39, 0.29) is 23.3 Å². The lowest BCUT2D eigenvalue weighted by atomic mass is 9.88. The van der Waals surface area contributed by atoms with Gasteiger partial charge in [0.05, 0.1) is 23.2 Å². The van der Waals surface area contributed by atoms with Crippen LogP contribution in [0.5, 0.6) is 0 Å². The number of hydrogen-bond acceptors (Lipinski definition) is 5. The van der Waals surface area contributed by atoms with Crippen LogP contribution in [0.3, 0.4) is 0 Å². The molecule has 0 aliphatic heterocycles. The molecule has 1 atom stereocenters. The third kappa shape index (κ3) is 3.66. The predicted octanol–water partition coefficient (Wildman–Crippen LogP) is 2.29. The molecule has 102 valence electrons. The molecule has 1 rings (SSSR count). The third-order valence-electron chi connectivity index (χ3n) is 3.26. The van der Waals surface area contributed by atoms with E-state index in [1.807, 2.05) is 19.9 Å². The van der Waals surface area contributed by atoms with Crippen molar-refractivity contribution in [2.24, 2.45) is 5.41 Å². The van der Waals surface area contributed by atoms with Gasteiger partial charge in [0.1, 0.15) is 5.69 Å². The second kappa shape index (κ2) is 6.16. The largest absolute Gasteiger partial charge is 0.396 e. The van der Waals surface area contributed by atoms with Gasteiger partial charge < -0.3 is 10.4 Å². The minimum Gasteiger partial charge on any atom is -0.396 e. The fourth-order valence-electron chi connectivity index (χ4n) is 1.50. The van der Waals surface area contributed by atoms with Crippen LogP contribution in [0.15, 0.2) is 18.2 Å². The molecule has 6 nitrogen and oxygen atoms in total. The van der Waals surface area contributed by atoms with E-state index in [2.05, 4.69) is 5.32 Å². The summed E-state index contributed by atoms with van der Waals surface area (Å²) in [6.45, 7) is 4.27. The van der Waals surface area contributed by atoms with Crippen LogP contribution in [-0.2, 0) is 0 Å². The zero-order chi connectivity index (χ0) is 14.5. The number of nitriles is 1. The highest BCUT2D eigenvalue weighted by molar-refractivity contribution is 5.64. The first kappa shape index (κ1) is 14.9. The highest BCUT2D eigenvalue weighted by Gasteiger charge is 2.22. The zero-order valence-electron chi connectivity index (χ0n) is 11.0. The van der Waals surface area contributed by atoms with Gasteiger partial charge in [0.15, 0.2) is 0 Å². The van der Waals surface area contributed by atoms with Gasteiger partial charge in [0, 0.05) is 18.0 Å². The molecule has 0 spiro atoms. The summed E-state index contributed by atoms with van der Waals surface area (Å²) in [7, 11) is 0. The minimum atomic E-state index is -0.522. The van der Waals surface area contributed by atoms with Crippen LogP contribution in [0.4, 0.5) is 11.4 Å². The molecule has 0 heterocycles. The molecule has 2 N–H and O–H groups in total. The van der Waals surface area contributed by atoms with Gasteiger partial charge in [-0.1, -0.05) is 13.8 Å². The lowest BCUT2D eigenvalue weighted by molar-refractivity contribution is -0.384. The molecule has 0 aromatic heterocycles. The number of nitrogens with one attached hydrogen (secondary N) is 1. The summed E-state index contributed by atoms with van der Waals surface area (Å²) in [5.41, 5.74) is 0.145. The first-order valence-electron chi connectivity index (χ1n) is 5.99. The number of benzene rings is 1. The Labute approximate surface area is 111 Å². The number of nitrogens with zero attached hydrogens (tertiary/aromatic N) is 2. The van der Waals surface area contributed by atoms with Crippen molar-refractivity contribution in [2.75, 3.05) is 18.5 Å². The molecule has 0 bridgehead atoms. The summed E-state index contributed by atoms with van der Waals surface area (Å²) >= 11 is 0. The fraction of sp³-hybridized carbons (Fsp3) is 0.462. The number of rotatable bonds is 6. The maximum atomic E-state index is 11.0. The monoisotopic (exact) mass is 263 g/mol. The first-order chi connectivity index (χ1) is 8.95. The summed E-state index contributed by atoms with van der Waals surface area (Å²) in [5, 5.41) is 32.0. The number of aliphatic hydroxyl groups is 1. The van der Waals surface area contributed by atoms with Crippen molar-refractivity contribution in [2.45, 2.75) is 20.3 Å². The Hall–Kier alpha value is -2.13. The Morgan fingerprint density at radius 1 is 1.58 bits per heavy atom. The van der Waals surface area contributed by atoms with Crippen LogP contribution in [0.25, 0.3) is 0 Å². The van der Waals surface area contributed by atoms with Crippen molar-refractivity contribution in [1.29, 1.82) is 5.26 Å². The Kier molecular flexibility index (Phi) is 4.84. The maximum absolute atomic E-state index is 11.0. The van der Waals surface area contributed by atoms with Gasteiger partial charge in [0.2, 0.25) is 0 Å². The van der Waals surface area contributed by atoms with Crippen LogP contribution in [0, 0.1) is 26.9 Å². The van der Waals surface area contributed by atoms with E-state index >= 15 is 0 Å². The second-order valence-electron chi connectivity index (χ2n) is 4.78. The molecule has 0 radical (unpaired) electrons. The van der Waals surface area contributed by atoms with E-state index < -0.39 is 4.92 Å². The lowest BCUT2D eigenvalue weighted by Gasteiger charge is -2.26. The van der Waals surface area contributed by atoms with Gasteiger partial charge in [-0.2, -0.15) is 5.26 Å². The summed E-state index contributed by atoms with van der Waals surface area (Å²) in [6.07, 6.45) is 0.751. The highest BCUT2D eigenvalue weighted by atomic mass is 16.6. The van der Waals surface area contributed by atoms with E-state index in [0.717, 1.165) is 6.42 Å². The fourth-order valence-corrected chi connectivity index (χ4v) is 1.50. The van der Waals surface area contributed by atoms with E-state index in [1.165, 1.54) is 18.2 Å². The molecule has 1 unspecified atom stereocenters. The van der Waals surface area contributed by atoms with Crippen LogP contribution in [0.2, 0.25) is 0 Å². The average Bonchev–Trinajstić information content (AvgIpc) is 2.44. The van der Waals surface area contributed by atoms with Crippen LogP contribution in [-0.4, -0.2) is 23.2 Å². The summed E-state index contributed by atoms with van der Waals surface area (Å²) in [6, 6.07) is 6.16. The number of aliphatic hydroxyl groups excluding tert-OH is 1. The SMILES string of the molecule is CCC(C)(CO)CNc1ccc(C#N)cc1[N+](=O)[O-]. The molecule has 0 aliphatic rings. The third-order valence-corrected chi connectivity index (χ3v) is 3.26. The predicted molar refractivity (Wildman–Crippen MR) is 71.8 cm³/mol. The van der Waals surface area contributed by atoms with Gasteiger partial charge >= 0.3 is 0 Å². The lowest BCUT2D eigenvalue weighted by Crippen LogP contribution is -2.29. The molecule has 0 fully saturated rings. The van der Waals surface area contributed by atoms with E-state index in [4.69, 9.17) is 5.26 Å². The molecular weight excluding hydrogens is 246 g/mol. The molecule has 0 saturated heterocycles. The molecular formula is C13H17N3O3. The summed E-state index contributed by atoms with van der Waals surface area (Å²) in [4.78, 5) is 10.4. The Morgan fingerprint density at radius 2 is 2.26 bits per heavy atom. The quantitative estimate of drug-likeness (QED) is 0.606. The van der Waals surface area contributed by atoms with Crippen molar-refractivity contribution >= 4 is 11.4 Å². The van der Waals surface area contributed by atoms with E-state index in [9.17, 15) is 15.2 Å². The number of nitro benzene ring substituents is 1. The van der Waals surface area contributed by atoms with Gasteiger partial charge in [0.25, 0.3) is 5.69 Å². The highest BCUT2D eigenvalue weighted by Crippen LogP contribution is 2.28. The van der Waals surface area contributed by atoms with Crippen LogP contribution < -0.4 is 5.32 Å². The van der Waals surface area contributed by atoms with Gasteiger partial charge in [-0.3, -0.25) is 10.1 Å². The Morgan fingerprint density at radius 3 is 2.74 bits per heavy atom. The first-order valence-corrected chi connectivity index (χ1v) is 5.99. The minimum absolute atomic E-state index is 0.000572.